The number of carbonyl (C=O) groups is 1. The van der Waals surface area contributed by atoms with Gasteiger partial charge in [0.15, 0.2) is 11.5 Å². The molecular formula is C22H24N2O7S. The number of benzene rings is 2. The highest BCUT2D eigenvalue weighted by Crippen LogP contribution is 2.28. The minimum atomic E-state index is -4.01. The molecule has 0 fully saturated rings. The molecular weight excluding hydrogens is 436 g/mol. The number of carboxylic acids is 1. The van der Waals surface area contributed by atoms with Crippen LogP contribution >= 0.6 is 0 Å². The molecule has 0 aliphatic heterocycles. The molecule has 0 bridgehead atoms. The predicted octanol–water partition coefficient (Wildman–Crippen LogP) is 3.13. The minimum Gasteiger partial charge on any atom is -0.493 e. The van der Waals surface area contributed by atoms with Gasteiger partial charge in [0.2, 0.25) is 10.0 Å². The van der Waals surface area contributed by atoms with Gasteiger partial charge in [0, 0.05) is 6.54 Å². The van der Waals surface area contributed by atoms with Crippen LogP contribution in [-0.2, 0) is 23.0 Å². The van der Waals surface area contributed by atoms with Gasteiger partial charge in [0.05, 0.1) is 38.3 Å². The maximum absolute atomic E-state index is 12.9. The Hall–Kier alpha value is -3.50. The molecule has 1 heterocycles. The van der Waals surface area contributed by atoms with Crippen molar-refractivity contribution < 1.29 is 32.2 Å². The van der Waals surface area contributed by atoms with Crippen molar-refractivity contribution in [2.45, 2.75) is 17.9 Å². The van der Waals surface area contributed by atoms with Gasteiger partial charge in [-0.15, -0.1) is 0 Å². The van der Waals surface area contributed by atoms with Crippen molar-refractivity contribution in [2.24, 2.45) is 0 Å². The van der Waals surface area contributed by atoms with Crippen molar-refractivity contribution in [3.8, 4) is 11.5 Å². The number of furan rings is 1. The standard InChI is InChI=1S/C22H24N2O7S/c1-29-19-8-5-15(12-20(19)30-2)9-10-23-18-7-6-16(22(25)26)13-21(18)32(27,28)24-14-17-4-3-11-31-17/h3-8,11-13,23-24H,9-10,14H2,1-2H3,(H,25,26). The van der Waals surface area contributed by atoms with Gasteiger partial charge < -0.3 is 24.3 Å². The van der Waals surface area contributed by atoms with Gasteiger partial charge in [-0.3, -0.25) is 0 Å². The molecule has 0 unspecified atom stereocenters. The molecule has 170 valence electrons. The molecule has 0 spiro atoms. The van der Waals surface area contributed by atoms with Gasteiger partial charge >= 0.3 is 5.97 Å². The first-order valence-corrected chi connectivity index (χ1v) is 11.2. The molecule has 0 radical (unpaired) electrons. The fourth-order valence-electron chi connectivity index (χ4n) is 3.06. The van der Waals surface area contributed by atoms with Crippen LogP contribution < -0.4 is 19.5 Å². The van der Waals surface area contributed by atoms with Gasteiger partial charge in [0.25, 0.3) is 0 Å². The molecule has 0 aliphatic rings. The van der Waals surface area contributed by atoms with Crippen LogP contribution in [0.3, 0.4) is 0 Å². The second-order valence-electron chi connectivity index (χ2n) is 6.79. The van der Waals surface area contributed by atoms with E-state index in [0.29, 0.717) is 35.9 Å². The Morgan fingerprint density at radius 3 is 2.50 bits per heavy atom. The fourth-order valence-corrected chi connectivity index (χ4v) is 4.26. The number of hydrogen-bond acceptors (Lipinski definition) is 7. The van der Waals surface area contributed by atoms with Crippen molar-refractivity contribution in [1.82, 2.24) is 4.72 Å². The molecule has 0 atom stereocenters. The second kappa shape index (κ2) is 10.2. The zero-order chi connectivity index (χ0) is 23.1. The lowest BCUT2D eigenvalue weighted by Gasteiger charge is -2.14. The lowest BCUT2D eigenvalue weighted by molar-refractivity contribution is 0.0696. The van der Waals surface area contributed by atoms with E-state index in [4.69, 9.17) is 13.9 Å². The number of hydrogen-bond donors (Lipinski definition) is 3. The smallest absolute Gasteiger partial charge is 0.335 e. The third kappa shape index (κ3) is 5.59. The van der Waals surface area contributed by atoms with E-state index in [-0.39, 0.29) is 17.0 Å². The quantitative estimate of drug-likeness (QED) is 0.398. The lowest BCUT2D eigenvalue weighted by atomic mass is 10.1. The minimum absolute atomic E-state index is 0.0578. The van der Waals surface area contributed by atoms with Crippen molar-refractivity contribution >= 4 is 21.7 Å². The van der Waals surface area contributed by atoms with Gasteiger partial charge in [0.1, 0.15) is 10.7 Å². The molecule has 0 saturated carbocycles. The maximum Gasteiger partial charge on any atom is 0.335 e. The molecule has 3 N–H and O–H groups in total. The number of nitrogens with one attached hydrogen (secondary N) is 2. The van der Waals surface area contributed by atoms with Crippen LogP contribution in [0.1, 0.15) is 21.7 Å². The molecule has 0 saturated heterocycles. The Labute approximate surface area is 186 Å². The molecule has 0 aliphatic carbocycles. The van der Waals surface area contributed by atoms with E-state index in [2.05, 4.69) is 10.0 Å². The van der Waals surface area contributed by atoms with E-state index >= 15 is 0 Å². The monoisotopic (exact) mass is 460 g/mol. The summed E-state index contributed by atoms with van der Waals surface area (Å²) >= 11 is 0. The molecule has 10 heteroatoms. The van der Waals surface area contributed by atoms with E-state index < -0.39 is 16.0 Å². The zero-order valence-electron chi connectivity index (χ0n) is 17.6. The van der Waals surface area contributed by atoms with Gasteiger partial charge in [-0.25, -0.2) is 17.9 Å². The van der Waals surface area contributed by atoms with Crippen molar-refractivity contribution in [3.63, 3.8) is 0 Å². The normalized spacial score (nSPS) is 11.2. The summed E-state index contributed by atoms with van der Waals surface area (Å²) in [7, 11) is -0.900. The Morgan fingerprint density at radius 2 is 1.84 bits per heavy atom. The number of methoxy groups -OCH3 is 2. The lowest BCUT2D eigenvalue weighted by Crippen LogP contribution is -2.24. The van der Waals surface area contributed by atoms with Gasteiger partial charge in [-0.1, -0.05) is 6.07 Å². The van der Waals surface area contributed by atoms with Gasteiger partial charge in [-0.05, 0) is 54.4 Å². The third-order valence-electron chi connectivity index (χ3n) is 4.71. The van der Waals surface area contributed by atoms with Crippen molar-refractivity contribution in [1.29, 1.82) is 0 Å². The molecule has 3 aromatic rings. The maximum atomic E-state index is 12.9. The first kappa shape index (κ1) is 23.2. The highest BCUT2D eigenvalue weighted by atomic mass is 32.2. The van der Waals surface area contributed by atoms with Crippen LogP contribution in [0, 0.1) is 0 Å². The first-order chi connectivity index (χ1) is 15.3. The van der Waals surface area contributed by atoms with E-state index in [1.807, 2.05) is 12.1 Å². The Bertz CT molecular complexity index is 1170. The molecule has 1 aromatic heterocycles. The van der Waals surface area contributed by atoms with Crippen LogP contribution in [0.2, 0.25) is 0 Å². The summed E-state index contributed by atoms with van der Waals surface area (Å²) in [6.07, 6.45) is 2.01. The summed E-state index contributed by atoms with van der Waals surface area (Å²) in [5.41, 5.74) is 1.12. The van der Waals surface area contributed by atoms with E-state index in [1.54, 1.807) is 32.4 Å². The second-order valence-corrected chi connectivity index (χ2v) is 8.52. The first-order valence-electron chi connectivity index (χ1n) is 9.68. The highest BCUT2D eigenvalue weighted by Gasteiger charge is 2.21. The summed E-state index contributed by atoms with van der Waals surface area (Å²) in [5.74, 6) is 0.431. The summed E-state index contributed by atoms with van der Waals surface area (Å²) in [4.78, 5) is 11.2. The highest BCUT2D eigenvalue weighted by molar-refractivity contribution is 7.89. The number of aromatic carboxylic acids is 1. The van der Waals surface area contributed by atoms with Crippen molar-refractivity contribution in [3.05, 3.63) is 71.7 Å². The van der Waals surface area contributed by atoms with Crippen molar-refractivity contribution in [2.75, 3.05) is 26.1 Å². The topological polar surface area (TPSA) is 127 Å². The van der Waals surface area contributed by atoms with Crippen LogP contribution in [0.25, 0.3) is 0 Å². The van der Waals surface area contributed by atoms with Crippen LogP contribution in [0.15, 0.2) is 64.1 Å². The summed E-state index contributed by atoms with van der Waals surface area (Å²) in [6, 6.07) is 12.7. The Morgan fingerprint density at radius 1 is 1.06 bits per heavy atom. The SMILES string of the molecule is COc1ccc(CCNc2ccc(C(=O)O)cc2S(=O)(=O)NCc2ccco2)cc1OC. The zero-order valence-corrected chi connectivity index (χ0v) is 18.4. The Balaban J connectivity index is 1.77. The Kier molecular flexibility index (Phi) is 7.39. The van der Waals surface area contributed by atoms with E-state index in [1.165, 1.54) is 18.4 Å². The number of anilines is 1. The van der Waals surface area contributed by atoms with Gasteiger partial charge in [-0.2, -0.15) is 0 Å². The number of ether oxygens (including phenoxy) is 2. The molecule has 3 rings (SSSR count). The van der Waals surface area contributed by atoms with E-state index in [0.717, 1.165) is 11.6 Å². The van der Waals surface area contributed by atoms with Crippen LogP contribution in [-0.4, -0.2) is 40.3 Å². The summed E-state index contributed by atoms with van der Waals surface area (Å²) in [6.45, 7) is 0.348. The summed E-state index contributed by atoms with van der Waals surface area (Å²) < 4.78 is 43.9. The van der Waals surface area contributed by atoms with E-state index in [9.17, 15) is 18.3 Å². The average molecular weight is 461 g/mol. The third-order valence-corrected chi connectivity index (χ3v) is 6.15. The number of rotatable bonds is 11. The number of carboxylic acid groups (broad SMARTS) is 1. The number of sulfonamides is 1. The largest absolute Gasteiger partial charge is 0.493 e. The molecule has 32 heavy (non-hydrogen) atoms. The fraction of sp³-hybridized carbons (Fsp3) is 0.227. The predicted molar refractivity (Wildman–Crippen MR) is 118 cm³/mol. The van der Waals surface area contributed by atoms with Crippen LogP contribution in [0.4, 0.5) is 5.69 Å². The molecule has 2 aromatic carbocycles. The van der Waals surface area contributed by atoms with Crippen LogP contribution in [0.5, 0.6) is 11.5 Å². The molecule has 9 nitrogen and oxygen atoms in total. The molecule has 0 amide bonds. The average Bonchev–Trinajstić information content (AvgIpc) is 3.31. The summed E-state index contributed by atoms with van der Waals surface area (Å²) in [5, 5.41) is 12.4.